The molecule has 0 spiro atoms. The van der Waals surface area contributed by atoms with Crippen LogP contribution >= 0.6 is 7.82 Å². The average Bonchev–Trinajstić information content (AvgIpc) is 3.15. The summed E-state index contributed by atoms with van der Waals surface area (Å²) in [6.07, 6.45) is 47.8. The van der Waals surface area contributed by atoms with Crippen molar-refractivity contribution < 1.29 is 32.9 Å². The predicted octanol–water partition coefficient (Wildman–Crippen LogP) is 13.1. The Morgan fingerprint density at radius 3 is 1.48 bits per heavy atom. The number of allylic oxidation sites excluding steroid dienone is 5. The number of amides is 1. The first-order valence-electron chi connectivity index (χ1n) is 23.4. The Labute approximate surface area is 347 Å². The summed E-state index contributed by atoms with van der Waals surface area (Å²) >= 11 is 0. The zero-order chi connectivity index (χ0) is 41.4. The summed E-state index contributed by atoms with van der Waals surface area (Å²) in [4.78, 5) is 23.1. The molecule has 0 aliphatic rings. The van der Waals surface area contributed by atoms with Crippen LogP contribution in [0, 0.1) is 0 Å². The smallest absolute Gasteiger partial charge is 0.387 e. The SMILES string of the molecule is CCCCCC/C=C\C/C=C\CCCCCCCC(=O)NC(COP(=O)(O)OCC[N+](C)(C)C)C(O)/C=C/CCCCCCCCCCCCCCCCCC. The molecule has 3 N–H and O–H groups in total. The molecule has 0 saturated heterocycles. The number of carbonyl (C=O) groups is 1. The quantitative estimate of drug-likeness (QED) is 0.0245. The summed E-state index contributed by atoms with van der Waals surface area (Å²) in [5.74, 6) is -0.191. The standard InChI is InChI=1S/C47H91N2O6P/c1-6-8-10-12-14-16-18-20-22-24-25-26-28-30-32-34-36-38-40-46(50)45(44-55-56(52,53)54-43-42-49(3,4)5)48-47(51)41-39-37-35-33-31-29-27-23-21-19-17-15-13-11-9-7-2/h17,19,23,27,38,40,45-46,50H,6-16,18,20-22,24-26,28-37,39,41-44H2,1-5H3,(H-,48,51,52,53)/p+1/b19-17-,27-23-,40-38+. The van der Waals surface area contributed by atoms with E-state index in [1.54, 1.807) is 6.08 Å². The number of phosphoric ester groups is 1. The number of nitrogens with one attached hydrogen (secondary N) is 1. The minimum Gasteiger partial charge on any atom is -0.387 e. The second kappa shape index (κ2) is 39.2. The molecule has 3 unspecified atom stereocenters. The van der Waals surface area contributed by atoms with Gasteiger partial charge in [0, 0.05) is 6.42 Å². The zero-order valence-corrected chi connectivity index (χ0v) is 38.3. The Balaban J connectivity index is 4.42. The third-order valence-corrected chi connectivity index (χ3v) is 11.3. The van der Waals surface area contributed by atoms with Crippen molar-refractivity contribution in [3.63, 3.8) is 0 Å². The first kappa shape index (κ1) is 54.7. The van der Waals surface area contributed by atoms with Crippen LogP contribution in [-0.2, 0) is 18.4 Å². The highest BCUT2D eigenvalue weighted by atomic mass is 31.2. The van der Waals surface area contributed by atoms with Gasteiger partial charge >= 0.3 is 7.82 Å². The second-order valence-corrected chi connectivity index (χ2v) is 18.6. The fourth-order valence-corrected chi connectivity index (χ4v) is 7.34. The number of nitrogens with zero attached hydrogens (tertiary/aromatic N) is 1. The van der Waals surface area contributed by atoms with Crippen LogP contribution in [0.2, 0.25) is 0 Å². The normalized spacial score (nSPS) is 14.6. The molecule has 0 bridgehead atoms. The van der Waals surface area contributed by atoms with Crippen LogP contribution in [0.25, 0.3) is 0 Å². The van der Waals surface area contributed by atoms with Gasteiger partial charge in [-0.2, -0.15) is 0 Å². The highest BCUT2D eigenvalue weighted by Gasteiger charge is 2.27. The zero-order valence-electron chi connectivity index (χ0n) is 37.4. The Hall–Kier alpha value is -1.28. The van der Waals surface area contributed by atoms with Crippen molar-refractivity contribution in [2.75, 3.05) is 40.9 Å². The minimum absolute atomic E-state index is 0.0585. The topological polar surface area (TPSA) is 105 Å². The lowest BCUT2D eigenvalue weighted by atomic mass is 10.0. The molecule has 56 heavy (non-hydrogen) atoms. The predicted molar refractivity (Wildman–Crippen MR) is 240 cm³/mol. The molecular formula is C47H92N2O6P+. The molecule has 0 radical (unpaired) electrons. The van der Waals surface area contributed by atoms with E-state index in [0.717, 1.165) is 64.2 Å². The fraction of sp³-hybridized carbons (Fsp3) is 0.851. The highest BCUT2D eigenvalue weighted by Crippen LogP contribution is 2.43. The molecule has 0 rings (SSSR count). The lowest BCUT2D eigenvalue weighted by molar-refractivity contribution is -0.870. The lowest BCUT2D eigenvalue weighted by Gasteiger charge is -2.25. The fourth-order valence-electron chi connectivity index (χ4n) is 6.60. The molecule has 1 amide bonds. The van der Waals surface area contributed by atoms with Gasteiger partial charge in [0.1, 0.15) is 13.2 Å². The van der Waals surface area contributed by atoms with E-state index in [0.29, 0.717) is 17.4 Å². The number of rotatable bonds is 42. The lowest BCUT2D eigenvalue weighted by Crippen LogP contribution is -2.45. The largest absolute Gasteiger partial charge is 0.472 e. The molecule has 0 aromatic carbocycles. The maximum atomic E-state index is 12.9. The third-order valence-electron chi connectivity index (χ3n) is 10.4. The number of hydrogen-bond acceptors (Lipinski definition) is 5. The Morgan fingerprint density at radius 2 is 1.02 bits per heavy atom. The molecule has 9 heteroatoms. The van der Waals surface area contributed by atoms with E-state index < -0.39 is 20.0 Å². The van der Waals surface area contributed by atoms with Crippen molar-refractivity contribution in [1.82, 2.24) is 5.32 Å². The van der Waals surface area contributed by atoms with Gasteiger partial charge in [-0.15, -0.1) is 0 Å². The van der Waals surface area contributed by atoms with Crippen LogP contribution in [0.3, 0.4) is 0 Å². The maximum absolute atomic E-state index is 12.9. The number of unbranched alkanes of at least 4 members (excludes halogenated alkanes) is 25. The van der Waals surface area contributed by atoms with Gasteiger partial charge in [-0.05, 0) is 51.4 Å². The summed E-state index contributed by atoms with van der Waals surface area (Å²) in [7, 11) is 1.56. The van der Waals surface area contributed by atoms with E-state index in [4.69, 9.17) is 9.05 Å². The highest BCUT2D eigenvalue weighted by molar-refractivity contribution is 7.47. The van der Waals surface area contributed by atoms with Crippen molar-refractivity contribution in [1.29, 1.82) is 0 Å². The van der Waals surface area contributed by atoms with Gasteiger partial charge in [-0.1, -0.05) is 185 Å². The Bertz CT molecular complexity index is 1010. The third kappa shape index (κ3) is 40.9. The van der Waals surface area contributed by atoms with Crippen LogP contribution in [-0.4, -0.2) is 73.4 Å². The molecule has 8 nitrogen and oxygen atoms in total. The van der Waals surface area contributed by atoms with Gasteiger partial charge in [-0.25, -0.2) is 4.57 Å². The summed E-state index contributed by atoms with van der Waals surface area (Å²) < 4.78 is 23.6. The maximum Gasteiger partial charge on any atom is 0.472 e. The molecular weight excluding hydrogens is 719 g/mol. The average molecular weight is 812 g/mol. The molecule has 0 saturated carbocycles. The Kier molecular flexibility index (Phi) is 38.3. The van der Waals surface area contributed by atoms with E-state index >= 15 is 0 Å². The van der Waals surface area contributed by atoms with Gasteiger partial charge in [0.2, 0.25) is 5.91 Å². The van der Waals surface area contributed by atoms with Gasteiger partial charge < -0.3 is 19.8 Å². The second-order valence-electron chi connectivity index (χ2n) is 17.1. The summed E-state index contributed by atoms with van der Waals surface area (Å²) in [5, 5.41) is 13.8. The summed E-state index contributed by atoms with van der Waals surface area (Å²) in [5.41, 5.74) is 0. The van der Waals surface area contributed by atoms with Crippen LogP contribution in [0.5, 0.6) is 0 Å². The van der Waals surface area contributed by atoms with Gasteiger partial charge in [0.05, 0.1) is 39.9 Å². The van der Waals surface area contributed by atoms with E-state index in [2.05, 4.69) is 43.5 Å². The monoisotopic (exact) mass is 812 g/mol. The first-order valence-corrected chi connectivity index (χ1v) is 24.9. The van der Waals surface area contributed by atoms with Gasteiger partial charge in [0.25, 0.3) is 0 Å². The van der Waals surface area contributed by atoms with E-state index in [9.17, 15) is 19.4 Å². The summed E-state index contributed by atoms with van der Waals surface area (Å²) in [6.45, 7) is 4.79. The minimum atomic E-state index is -4.34. The van der Waals surface area contributed by atoms with Gasteiger partial charge in [0.15, 0.2) is 0 Å². The van der Waals surface area contributed by atoms with Crippen LogP contribution in [0.1, 0.15) is 206 Å². The molecule has 330 valence electrons. The van der Waals surface area contributed by atoms with E-state index in [1.807, 2.05) is 27.2 Å². The molecule has 0 aromatic rings. The molecule has 0 aliphatic carbocycles. The molecule has 0 aliphatic heterocycles. The number of quaternary nitrogens is 1. The van der Waals surface area contributed by atoms with E-state index in [-0.39, 0.29) is 19.1 Å². The van der Waals surface area contributed by atoms with Crippen LogP contribution in [0.15, 0.2) is 36.5 Å². The van der Waals surface area contributed by atoms with Crippen LogP contribution < -0.4 is 5.32 Å². The number of aliphatic hydroxyl groups excluding tert-OH is 1. The number of carbonyl (C=O) groups excluding carboxylic acids is 1. The molecule has 3 atom stereocenters. The number of phosphoric acid groups is 1. The van der Waals surface area contributed by atoms with Crippen LogP contribution in [0.4, 0.5) is 0 Å². The Morgan fingerprint density at radius 1 is 0.607 bits per heavy atom. The first-order chi connectivity index (χ1) is 27.0. The van der Waals surface area contributed by atoms with Crippen molar-refractivity contribution >= 4 is 13.7 Å². The summed E-state index contributed by atoms with van der Waals surface area (Å²) in [6, 6.07) is -0.852. The van der Waals surface area contributed by atoms with Crippen molar-refractivity contribution in [2.45, 2.75) is 219 Å². The number of aliphatic hydroxyl groups is 1. The van der Waals surface area contributed by atoms with E-state index in [1.165, 1.54) is 122 Å². The number of hydrogen-bond donors (Lipinski definition) is 3. The van der Waals surface area contributed by atoms with Crippen molar-refractivity contribution in [3.8, 4) is 0 Å². The van der Waals surface area contributed by atoms with Gasteiger partial charge in [-0.3, -0.25) is 13.8 Å². The van der Waals surface area contributed by atoms with Crippen molar-refractivity contribution in [3.05, 3.63) is 36.5 Å². The molecule has 0 heterocycles. The van der Waals surface area contributed by atoms with Crippen molar-refractivity contribution in [2.24, 2.45) is 0 Å². The molecule has 0 aromatic heterocycles. The molecule has 0 fully saturated rings. The number of likely N-dealkylation sites (N-methyl/N-ethyl adjacent to an activating group) is 1.